The van der Waals surface area contributed by atoms with Crippen molar-refractivity contribution in [3.8, 4) is 0 Å². The Kier molecular flexibility index (Phi) is 4.90. The standard InChI is InChI=1S/C18H19ClFNO3S/c1-24-11-18(10-21)16(12-3-2-4-14(20)9-12)17(18)25(22,23)15-7-5-13(19)6-8-15/h2-9,16-17H,10-11,21H2,1H3/t16-,17+,18+/m0/s1. The van der Waals surface area contributed by atoms with Crippen LogP contribution in [0.15, 0.2) is 53.4 Å². The predicted octanol–water partition coefficient (Wildman–Crippen LogP) is 3.01. The Bertz CT molecular complexity index is 872. The van der Waals surface area contributed by atoms with E-state index < -0.39 is 32.2 Å². The second-order valence-electron chi connectivity index (χ2n) is 6.32. The van der Waals surface area contributed by atoms with Gasteiger partial charge in [0.25, 0.3) is 0 Å². The number of hydrogen-bond acceptors (Lipinski definition) is 4. The Labute approximate surface area is 151 Å². The van der Waals surface area contributed by atoms with Gasteiger partial charge in [0, 0.05) is 30.0 Å². The Balaban J connectivity index is 2.07. The lowest BCUT2D eigenvalue weighted by Crippen LogP contribution is -2.28. The lowest BCUT2D eigenvalue weighted by molar-refractivity contribution is 0.142. The van der Waals surface area contributed by atoms with Crippen LogP contribution < -0.4 is 5.73 Å². The fraction of sp³-hybridized carbons (Fsp3) is 0.333. The normalized spacial score (nSPS) is 25.8. The van der Waals surface area contributed by atoms with E-state index in [2.05, 4.69) is 0 Å². The number of benzene rings is 2. The minimum Gasteiger partial charge on any atom is -0.384 e. The van der Waals surface area contributed by atoms with E-state index in [1.165, 1.54) is 43.5 Å². The van der Waals surface area contributed by atoms with Crippen LogP contribution in [0.3, 0.4) is 0 Å². The maximum absolute atomic E-state index is 13.7. The van der Waals surface area contributed by atoms with Crippen LogP contribution in [-0.4, -0.2) is 33.9 Å². The van der Waals surface area contributed by atoms with Gasteiger partial charge in [-0.05, 0) is 42.0 Å². The van der Waals surface area contributed by atoms with Gasteiger partial charge in [0.2, 0.25) is 0 Å². The summed E-state index contributed by atoms with van der Waals surface area (Å²) >= 11 is 5.86. The first-order valence-electron chi connectivity index (χ1n) is 7.81. The molecular formula is C18H19ClFNO3S. The second kappa shape index (κ2) is 6.68. The highest BCUT2D eigenvalue weighted by molar-refractivity contribution is 7.92. The quantitative estimate of drug-likeness (QED) is 0.832. The summed E-state index contributed by atoms with van der Waals surface area (Å²) in [6.07, 6.45) is 0. The van der Waals surface area contributed by atoms with Crippen molar-refractivity contribution in [2.75, 3.05) is 20.3 Å². The monoisotopic (exact) mass is 383 g/mol. The van der Waals surface area contributed by atoms with Gasteiger partial charge in [-0.1, -0.05) is 23.7 Å². The third kappa shape index (κ3) is 3.08. The number of methoxy groups -OCH3 is 1. The molecule has 2 N–H and O–H groups in total. The summed E-state index contributed by atoms with van der Waals surface area (Å²) in [6, 6.07) is 12.0. The fourth-order valence-electron chi connectivity index (χ4n) is 3.66. The van der Waals surface area contributed by atoms with Gasteiger partial charge in [0.05, 0.1) is 16.8 Å². The minimum atomic E-state index is -3.68. The molecule has 25 heavy (non-hydrogen) atoms. The first-order valence-corrected chi connectivity index (χ1v) is 9.73. The second-order valence-corrected chi connectivity index (χ2v) is 8.83. The summed E-state index contributed by atoms with van der Waals surface area (Å²) in [4.78, 5) is 0.176. The first kappa shape index (κ1) is 18.3. The van der Waals surface area contributed by atoms with E-state index in [9.17, 15) is 12.8 Å². The Morgan fingerprint density at radius 3 is 2.48 bits per heavy atom. The van der Waals surface area contributed by atoms with Gasteiger partial charge < -0.3 is 10.5 Å². The van der Waals surface area contributed by atoms with E-state index in [-0.39, 0.29) is 18.0 Å². The minimum absolute atomic E-state index is 0.125. The Morgan fingerprint density at radius 2 is 1.92 bits per heavy atom. The van der Waals surface area contributed by atoms with Gasteiger partial charge in [-0.15, -0.1) is 0 Å². The lowest BCUT2D eigenvalue weighted by Gasteiger charge is -2.15. The smallest absolute Gasteiger partial charge is 0.182 e. The van der Waals surface area contributed by atoms with E-state index in [0.717, 1.165) is 0 Å². The van der Waals surface area contributed by atoms with Crippen molar-refractivity contribution in [1.82, 2.24) is 0 Å². The van der Waals surface area contributed by atoms with Gasteiger partial charge in [-0.2, -0.15) is 0 Å². The van der Waals surface area contributed by atoms with E-state index >= 15 is 0 Å². The molecule has 2 aromatic carbocycles. The van der Waals surface area contributed by atoms with Gasteiger partial charge >= 0.3 is 0 Å². The van der Waals surface area contributed by atoms with Crippen molar-refractivity contribution < 1.29 is 17.5 Å². The summed E-state index contributed by atoms with van der Waals surface area (Å²) in [5.74, 6) is -0.829. The van der Waals surface area contributed by atoms with E-state index in [0.29, 0.717) is 10.6 Å². The summed E-state index contributed by atoms with van der Waals surface area (Å²) < 4.78 is 45.3. The third-order valence-electron chi connectivity index (χ3n) is 4.86. The fourth-order valence-corrected chi connectivity index (χ4v) is 6.23. The molecule has 0 saturated heterocycles. The molecule has 0 unspecified atom stereocenters. The summed E-state index contributed by atoms with van der Waals surface area (Å²) in [7, 11) is -2.17. The SMILES string of the molecule is COC[C@@]1(CN)[C@H](S(=O)(=O)c2ccc(Cl)cc2)[C@@H]1c1cccc(F)c1. The third-order valence-corrected chi connectivity index (χ3v) is 7.45. The zero-order valence-corrected chi connectivity index (χ0v) is 15.2. The highest BCUT2D eigenvalue weighted by Gasteiger charge is 2.70. The van der Waals surface area contributed by atoms with Crippen LogP contribution >= 0.6 is 11.6 Å². The van der Waals surface area contributed by atoms with Crippen LogP contribution in [0.4, 0.5) is 4.39 Å². The molecule has 0 aromatic heterocycles. The maximum Gasteiger partial charge on any atom is 0.182 e. The van der Waals surface area contributed by atoms with E-state index in [1.807, 2.05) is 0 Å². The van der Waals surface area contributed by atoms with Crippen LogP contribution in [0.25, 0.3) is 0 Å². The van der Waals surface area contributed by atoms with Crippen molar-refractivity contribution in [2.45, 2.75) is 16.1 Å². The number of hydrogen-bond donors (Lipinski definition) is 1. The zero-order valence-electron chi connectivity index (χ0n) is 13.7. The molecule has 1 saturated carbocycles. The van der Waals surface area contributed by atoms with Gasteiger partial charge in [-0.25, -0.2) is 12.8 Å². The summed E-state index contributed by atoms with van der Waals surface area (Å²) in [6.45, 7) is 0.307. The number of sulfone groups is 1. The summed E-state index contributed by atoms with van der Waals surface area (Å²) in [5.41, 5.74) is 5.79. The number of nitrogens with two attached hydrogens (primary N) is 1. The zero-order chi connectivity index (χ0) is 18.2. The molecule has 2 aromatic rings. The molecule has 0 heterocycles. The molecule has 1 fully saturated rings. The molecule has 4 nitrogen and oxygen atoms in total. The molecule has 0 spiro atoms. The van der Waals surface area contributed by atoms with Crippen LogP contribution in [-0.2, 0) is 14.6 Å². The molecule has 0 radical (unpaired) electrons. The molecule has 0 aliphatic heterocycles. The topological polar surface area (TPSA) is 69.4 Å². The number of ether oxygens (including phenoxy) is 1. The average molecular weight is 384 g/mol. The van der Waals surface area contributed by atoms with Crippen LogP contribution in [0.2, 0.25) is 5.02 Å². The van der Waals surface area contributed by atoms with Crippen LogP contribution in [0.5, 0.6) is 0 Å². The molecule has 0 bridgehead atoms. The first-order chi connectivity index (χ1) is 11.9. The Morgan fingerprint density at radius 1 is 1.24 bits per heavy atom. The molecule has 1 aliphatic carbocycles. The number of halogens is 2. The molecule has 0 amide bonds. The van der Waals surface area contributed by atoms with Gasteiger partial charge in [0.15, 0.2) is 9.84 Å². The molecule has 3 atom stereocenters. The van der Waals surface area contributed by atoms with Crippen molar-refractivity contribution in [3.63, 3.8) is 0 Å². The highest BCUT2D eigenvalue weighted by Crippen LogP contribution is 2.63. The maximum atomic E-state index is 13.7. The van der Waals surface area contributed by atoms with Crippen molar-refractivity contribution >= 4 is 21.4 Å². The lowest BCUT2D eigenvalue weighted by atomic mass is 10.00. The molecule has 7 heteroatoms. The van der Waals surface area contributed by atoms with Gasteiger partial charge in [0.1, 0.15) is 5.82 Å². The van der Waals surface area contributed by atoms with E-state index in [4.69, 9.17) is 22.1 Å². The summed E-state index contributed by atoms with van der Waals surface area (Å²) in [5, 5.41) is -0.314. The van der Waals surface area contributed by atoms with Crippen LogP contribution in [0, 0.1) is 11.2 Å². The predicted molar refractivity (Wildman–Crippen MR) is 94.9 cm³/mol. The largest absolute Gasteiger partial charge is 0.384 e. The van der Waals surface area contributed by atoms with Crippen molar-refractivity contribution in [2.24, 2.45) is 11.1 Å². The molecule has 1 aliphatic rings. The van der Waals surface area contributed by atoms with Crippen molar-refractivity contribution in [1.29, 1.82) is 0 Å². The van der Waals surface area contributed by atoms with E-state index in [1.54, 1.807) is 12.1 Å². The molecule has 3 rings (SSSR count). The Hall–Kier alpha value is -1.47. The average Bonchev–Trinajstić information content (AvgIpc) is 3.26. The highest BCUT2D eigenvalue weighted by atomic mass is 35.5. The number of rotatable bonds is 6. The van der Waals surface area contributed by atoms with Gasteiger partial charge in [-0.3, -0.25) is 0 Å². The van der Waals surface area contributed by atoms with Crippen molar-refractivity contribution in [3.05, 3.63) is 64.9 Å². The van der Waals surface area contributed by atoms with Crippen LogP contribution in [0.1, 0.15) is 11.5 Å². The molecule has 134 valence electrons. The molecular weight excluding hydrogens is 365 g/mol.